The van der Waals surface area contributed by atoms with Gasteiger partial charge in [-0.3, -0.25) is 9.78 Å². The van der Waals surface area contributed by atoms with Gasteiger partial charge in [0, 0.05) is 37.1 Å². The molecule has 4 rings (SSSR count). The van der Waals surface area contributed by atoms with E-state index in [2.05, 4.69) is 21.7 Å². The molecule has 1 saturated heterocycles. The van der Waals surface area contributed by atoms with Gasteiger partial charge < -0.3 is 20.1 Å². The van der Waals surface area contributed by atoms with E-state index in [1.54, 1.807) is 12.1 Å². The van der Waals surface area contributed by atoms with Crippen molar-refractivity contribution < 1.29 is 14.3 Å². The molecule has 2 heterocycles. The van der Waals surface area contributed by atoms with Crippen molar-refractivity contribution in [2.45, 2.75) is 26.4 Å². The fourth-order valence-corrected chi connectivity index (χ4v) is 3.96. The molecule has 1 unspecified atom stereocenters. The summed E-state index contributed by atoms with van der Waals surface area (Å²) in [5.74, 6) is 0.368. The highest BCUT2D eigenvalue weighted by molar-refractivity contribution is 5.96. The minimum absolute atomic E-state index is 0.0538. The normalized spacial score (nSPS) is 15.3. The Balaban J connectivity index is 1.54. The summed E-state index contributed by atoms with van der Waals surface area (Å²) in [6, 6.07) is 17.4. The van der Waals surface area contributed by atoms with Crippen LogP contribution in [0.15, 0.2) is 54.7 Å². The molecule has 2 N–H and O–H groups in total. The second-order valence-electron chi connectivity index (χ2n) is 8.73. The lowest BCUT2D eigenvalue weighted by Crippen LogP contribution is -2.41. The molecule has 1 amide bonds. The first-order chi connectivity index (χ1) is 17.0. The van der Waals surface area contributed by atoms with Crippen LogP contribution in [0.2, 0.25) is 0 Å². The average molecular weight is 471 g/mol. The van der Waals surface area contributed by atoms with Crippen molar-refractivity contribution in [3.8, 4) is 22.9 Å². The number of hydrogen-bond acceptors (Lipinski definition) is 6. The van der Waals surface area contributed by atoms with E-state index in [1.807, 2.05) is 56.4 Å². The second-order valence-corrected chi connectivity index (χ2v) is 8.73. The zero-order chi connectivity index (χ0) is 24.6. The maximum Gasteiger partial charge on any atom is 0.251 e. The number of carbonyl (C=O) groups excluding carboxylic acids is 1. The molecule has 180 valence electrons. The predicted octanol–water partition coefficient (Wildman–Crippen LogP) is 3.58. The Hall–Kier alpha value is -3.73. The summed E-state index contributed by atoms with van der Waals surface area (Å²) in [7, 11) is 0. The van der Waals surface area contributed by atoms with Crippen molar-refractivity contribution in [3.05, 3.63) is 82.7 Å². The molecule has 1 aliphatic rings. The molecule has 1 aromatic heterocycles. The molecule has 0 radical (unpaired) electrons. The lowest BCUT2D eigenvalue weighted by Gasteiger charge is -2.24. The molecule has 0 saturated carbocycles. The highest BCUT2D eigenvalue weighted by atomic mass is 16.5. The quantitative estimate of drug-likeness (QED) is 0.523. The Morgan fingerprint density at radius 2 is 2.11 bits per heavy atom. The number of nitrogens with zero attached hydrogens (tertiary/aromatic N) is 2. The summed E-state index contributed by atoms with van der Waals surface area (Å²) >= 11 is 0. The SMILES string of the molecule is Cc1ccc(-c2cc(OCC3CNCCO3)cc(C(=O)NCCc3ccc(C)nc3)c2)c(C#N)c1. The van der Waals surface area contributed by atoms with Crippen molar-refractivity contribution in [2.75, 3.05) is 32.8 Å². The smallest absolute Gasteiger partial charge is 0.251 e. The molecule has 2 aromatic carbocycles. The van der Waals surface area contributed by atoms with Crippen LogP contribution < -0.4 is 15.4 Å². The molecule has 0 bridgehead atoms. The highest BCUT2D eigenvalue weighted by Crippen LogP contribution is 2.29. The van der Waals surface area contributed by atoms with E-state index in [1.165, 1.54) is 0 Å². The van der Waals surface area contributed by atoms with Crippen LogP contribution in [0, 0.1) is 25.2 Å². The van der Waals surface area contributed by atoms with E-state index in [9.17, 15) is 10.1 Å². The first-order valence-electron chi connectivity index (χ1n) is 11.8. The maximum absolute atomic E-state index is 13.1. The van der Waals surface area contributed by atoms with E-state index in [0.29, 0.717) is 43.1 Å². The Kier molecular flexibility index (Phi) is 8.09. The van der Waals surface area contributed by atoms with E-state index >= 15 is 0 Å². The van der Waals surface area contributed by atoms with Gasteiger partial charge in [-0.1, -0.05) is 18.2 Å². The van der Waals surface area contributed by atoms with Crippen LogP contribution in [0.4, 0.5) is 0 Å². The van der Waals surface area contributed by atoms with Gasteiger partial charge in [-0.15, -0.1) is 0 Å². The van der Waals surface area contributed by atoms with Gasteiger partial charge in [0.25, 0.3) is 5.91 Å². The van der Waals surface area contributed by atoms with Crippen LogP contribution in [0.25, 0.3) is 11.1 Å². The minimum Gasteiger partial charge on any atom is -0.491 e. The van der Waals surface area contributed by atoms with Crippen molar-refractivity contribution in [1.82, 2.24) is 15.6 Å². The van der Waals surface area contributed by atoms with Crippen LogP contribution in [0.3, 0.4) is 0 Å². The molecule has 1 fully saturated rings. The zero-order valence-corrected chi connectivity index (χ0v) is 20.1. The summed E-state index contributed by atoms with van der Waals surface area (Å²) in [5.41, 5.74) is 5.58. The molecule has 7 nitrogen and oxygen atoms in total. The number of rotatable bonds is 8. The van der Waals surface area contributed by atoms with Crippen molar-refractivity contribution in [3.63, 3.8) is 0 Å². The number of morpholine rings is 1. The maximum atomic E-state index is 13.1. The summed E-state index contributed by atoms with van der Waals surface area (Å²) in [6.07, 6.45) is 2.46. The van der Waals surface area contributed by atoms with Crippen molar-refractivity contribution in [2.24, 2.45) is 0 Å². The summed E-state index contributed by atoms with van der Waals surface area (Å²) in [4.78, 5) is 17.4. The molecule has 3 aromatic rings. The molecule has 0 aliphatic carbocycles. The minimum atomic E-state index is -0.196. The van der Waals surface area contributed by atoms with Gasteiger partial charge in [-0.05, 0) is 72.9 Å². The van der Waals surface area contributed by atoms with Gasteiger partial charge in [0.05, 0.1) is 18.2 Å². The first-order valence-corrected chi connectivity index (χ1v) is 11.8. The van der Waals surface area contributed by atoms with E-state index in [-0.39, 0.29) is 12.0 Å². The number of hydrogen-bond donors (Lipinski definition) is 2. The molecule has 1 atom stereocenters. The number of nitriles is 1. The molecular formula is C28H30N4O3. The Labute approximate surface area is 206 Å². The van der Waals surface area contributed by atoms with E-state index < -0.39 is 0 Å². The number of carbonyl (C=O) groups is 1. The third-order valence-corrected chi connectivity index (χ3v) is 5.89. The third kappa shape index (κ3) is 6.66. The molecule has 7 heteroatoms. The Morgan fingerprint density at radius 1 is 1.23 bits per heavy atom. The summed E-state index contributed by atoms with van der Waals surface area (Å²) in [5, 5.41) is 16.0. The van der Waals surface area contributed by atoms with Crippen LogP contribution in [-0.2, 0) is 11.2 Å². The largest absolute Gasteiger partial charge is 0.491 e. The molecule has 0 spiro atoms. The van der Waals surface area contributed by atoms with Gasteiger partial charge in [-0.25, -0.2) is 0 Å². The van der Waals surface area contributed by atoms with Gasteiger partial charge >= 0.3 is 0 Å². The van der Waals surface area contributed by atoms with Gasteiger partial charge in [0.15, 0.2) is 0 Å². The number of benzene rings is 2. The van der Waals surface area contributed by atoms with Crippen LogP contribution in [0.5, 0.6) is 5.75 Å². The monoisotopic (exact) mass is 470 g/mol. The van der Waals surface area contributed by atoms with E-state index in [0.717, 1.165) is 41.0 Å². The first kappa shape index (κ1) is 24.4. The Morgan fingerprint density at radius 3 is 2.86 bits per heavy atom. The third-order valence-electron chi connectivity index (χ3n) is 5.89. The number of ether oxygens (including phenoxy) is 2. The van der Waals surface area contributed by atoms with Crippen molar-refractivity contribution >= 4 is 5.91 Å². The topological polar surface area (TPSA) is 96.3 Å². The lowest BCUT2D eigenvalue weighted by molar-refractivity contribution is 0.000195. The number of nitrogens with one attached hydrogen (secondary N) is 2. The van der Waals surface area contributed by atoms with Gasteiger partial charge in [0.2, 0.25) is 0 Å². The van der Waals surface area contributed by atoms with E-state index in [4.69, 9.17) is 9.47 Å². The second kappa shape index (κ2) is 11.6. The number of amides is 1. The number of aromatic nitrogens is 1. The van der Waals surface area contributed by atoms with Crippen LogP contribution >= 0.6 is 0 Å². The predicted molar refractivity (Wildman–Crippen MR) is 134 cm³/mol. The molecule has 1 aliphatic heterocycles. The zero-order valence-electron chi connectivity index (χ0n) is 20.1. The molecular weight excluding hydrogens is 440 g/mol. The van der Waals surface area contributed by atoms with Gasteiger partial charge in [-0.2, -0.15) is 5.26 Å². The van der Waals surface area contributed by atoms with Crippen molar-refractivity contribution in [1.29, 1.82) is 5.26 Å². The van der Waals surface area contributed by atoms with Gasteiger partial charge in [0.1, 0.15) is 18.5 Å². The number of pyridine rings is 1. The lowest BCUT2D eigenvalue weighted by atomic mass is 9.96. The fourth-order valence-electron chi connectivity index (χ4n) is 3.96. The Bertz CT molecular complexity index is 1210. The van der Waals surface area contributed by atoms with Crippen LogP contribution in [0.1, 0.15) is 32.7 Å². The number of aryl methyl sites for hydroxylation is 2. The average Bonchev–Trinajstić information content (AvgIpc) is 2.89. The highest BCUT2D eigenvalue weighted by Gasteiger charge is 2.17. The standard InChI is InChI=1S/C28H30N4O3/c1-19-3-6-27(24(11-19)15-29)22-12-23(14-25(13-22)35-18-26-17-30-9-10-34-26)28(33)31-8-7-21-5-4-20(2)32-16-21/h3-6,11-14,16,26,30H,7-10,17-18H2,1-2H3,(H,31,33). The summed E-state index contributed by atoms with van der Waals surface area (Å²) in [6.45, 7) is 6.95. The summed E-state index contributed by atoms with van der Waals surface area (Å²) < 4.78 is 11.8. The van der Waals surface area contributed by atoms with Crippen LogP contribution in [-0.4, -0.2) is 49.8 Å². The fraction of sp³-hybridized carbons (Fsp3) is 0.321. The molecule has 35 heavy (non-hydrogen) atoms.